The zero-order chi connectivity index (χ0) is 16.4. The number of hydrogen-bond donors (Lipinski definition) is 1. The summed E-state index contributed by atoms with van der Waals surface area (Å²) in [6.07, 6.45) is 3.92. The van der Waals surface area contributed by atoms with Crippen LogP contribution in [-0.4, -0.2) is 25.5 Å². The van der Waals surface area contributed by atoms with Gasteiger partial charge in [-0.1, -0.05) is 11.6 Å². The Hall–Kier alpha value is -2.34. The van der Waals surface area contributed by atoms with Gasteiger partial charge in [0.2, 0.25) is 5.91 Å². The molecule has 0 aliphatic rings. The number of halogens is 1. The van der Waals surface area contributed by atoms with Crippen LogP contribution in [0.1, 0.15) is 17.7 Å². The number of carbonyl (C=O) groups is 1. The summed E-state index contributed by atoms with van der Waals surface area (Å²) in [4.78, 5) is 12.0. The Morgan fingerprint density at radius 3 is 2.87 bits per heavy atom. The fraction of sp³-hybridized carbons (Fsp3) is 0.312. The van der Waals surface area contributed by atoms with E-state index in [0.29, 0.717) is 24.5 Å². The van der Waals surface area contributed by atoms with Gasteiger partial charge in [-0.05, 0) is 25.1 Å². The number of fused-ring (bicyclic) bond motifs is 1. The van der Waals surface area contributed by atoms with Gasteiger partial charge in [-0.25, -0.2) is 0 Å². The van der Waals surface area contributed by atoms with E-state index in [1.54, 1.807) is 21.8 Å². The molecule has 3 rings (SSSR count). The lowest BCUT2D eigenvalue weighted by Gasteiger charge is -2.06. The largest absolute Gasteiger partial charge is 0.352 e. The van der Waals surface area contributed by atoms with Crippen LogP contribution in [0, 0.1) is 6.92 Å². The number of amides is 1. The molecule has 0 aliphatic heterocycles. The molecular formula is C16H18ClN5O. The number of carbonyl (C=O) groups excluding carboxylic acids is 1. The molecule has 7 heteroatoms. The molecule has 2 aromatic heterocycles. The predicted octanol–water partition coefficient (Wildman–Crippen LogP) is 2.44. The first kappa shape index (κ1) is 15.6. The molecule has 6 nitrogen and oxygen atoms in total. The molecule has 2 heterocycles. The quantitative estimate of drug-likeness (QED) is 0.781. The second-order valence-electron chi connectivity index (χ2n) is 5.48. The molecule has 0 saturated carbocycles. The van der Waals surface area contributed by atoms with Gasteiger partial charge in [-0.2, -0.15) is 10.2 Å². The van der Waals surface area contributed by atoms with Crippen LogP contribution in [0.25, 0.3) is 10.9 Å². The molecule has 0 radical (unpaired) electrons. The number of aromatic nitrogens is 4. The summed E-state index contributed by atoms with van der Waals surface area (Å²) in [5.41, 5.74) is 3.02. The van der Waals surface area contributed by atoms with Crippen LogP contribution in [0.15, 0.2) is 30.6 Å². The molecule has 1 N–H and O–H groups in total. The first-order valence-corrected chi connectivity index (χ1v) is 7.77. The van der Waals surface area contributed by atoms with Crippen molar-refractivity contribution in [1.82, 2.24) is 24.9 Å². The molecule has 0 saturated heterocycles. The van der Waals surface area contributed by atoms with Crippen molar-refractivity contribution in [2.75, 3.05) is 0 Å². The summed E-state index contributed by atoms with van der Waals surface area (Å²) < 4.78 is 3.59. The standard InChI is InChI=1S/C16H18ClN5O/c1-11-13(10-19-21(11)2)8-18-16(23)5-6-22-15-7-14(17)4-3-12(15)9-20-22/h3-4,7,9-10H,5-6,8H2,1-2H3,(H,18,23). The van der Waals surface area contributed by atoms with Gasteiger partial charge in [0, 0.05) is 41.7 Å². The number of benzene rings is 1. The highest BCUT2D eigenvalue weighted by molar-refractivity contribution is 6.31. The molecule has 0 bridgehead atoms. The number of hydrogen-bond acceptors (Lipinski definition) is 3. The summed E-state index contributed by atoms with van der Waals surface area (Å²) in [7, 11) is 1.88. The van der Waals surface area contributed by atoms with Crippen molar-refractivity contribution in [3.05, 3.63) is 46.9 Å². The Kier molecular flexibility index (Phi) is 4.34. The third-order valence-electron chi connectivity index (χ3n) is 3.97. The van der Waals surface area contributed by atoms with Crippen LogP contribution < -0.4 is 5.32 Å². The van der Waals surface area contributed by atoms with Gasteiger partial charge in [0.05, 0.1) is 24.5 Å². The molecule has 0 spiro atoms. The maximum Gasteiger partial charge on any atom is 0.222 e. The molecule has 120 valence electrons. The smallest absolute Gasteiger partial charge is 0.222 e. The van der Waals surface area contributed by atoms with E-state index in [9.17, 15) is 4.79 Å². The first-order chi connectivity index (χ1) is 11.0. The summed E-state index contributed by atoms with van der Waals surface area (Å²) in [6, 6.07) is 5.62. The van der Waals surface area contributed by atoms with E-state index in [1.807, 2.05) is 32.2 Å². The maximum atomic E-state index is 12.0. The van der Waals surface area contributed by atoms with Crippen LogP contribution in [0.4, 0.5) is 0 Å². The zero-order valence-electron chi connectivity index (χ0n) is 13.1. The molecule has 1 amide bonds. The SMILES string of the molecule is Cc1c(CNC(=O)CCn2ncc3ccc(Cl)cc32)cnn1C. The minimum Gasteiger partial charge on any atom is -0.352 e. The van der Waals surface area contributed by atoms with E-state index < -0.39 is 0 Å². The molecule has 3 aromatic rings. The maximum absolute atomic E-state index is 12.0. The third kappa shape index (κ3) is 3.37. The van der Waals surface area contributed by atoms with Gasteiger partial charge in [0.15, 0.2) is 0 Å². The Balaban J connectivity index is 1.58. The summed E-state index contributed by atoms with van der Waals surface area (Å²) in [6.45, 7) is 2.99. The summed E-state index contributed by atoms with van der Waals surface area (Å²) >= 11 is 6.02. The van der Waals surface area contributed by atoms with Crippen molar-refractivity contribution in [2.24, 2.45) is 7.05 Å². The molecule has 1 aromatic carbocycles. The number of nitrogens with zero attached hydrogens (tertiary/aromatic N) is 4. The number of aryl methyl sites for hydroxylation is 2. The number of nitrogens with one attached hydrogen (secondary N) is 1. The zero-order valence-corrected chi connectivity index (χ0v) is 13.8. The van der Waals surface area contributed by atoms with E-state index in [0.717, 1.165) is 22.2 Å². The molecule has 0 fully saturated rings. The van der Waals surface area contributed by atoms with E-state index in [1.165, 1.54) is 0 Å². The minimum atomic E-state index is -0.0149. The van der Waals surface area contributed by atoms with Crippen LogP contribution in [0.5, 0.6) is 0 Å². The Morgan fingerprint density at radius 2 is 2.13 bits per heavy atom. The van der Waals surface area contributed by atoms with Crippen molar-refractivity contribution in [2.45, 2.75) is 26.4 Å². The van der Waals surface area contributed by atoms with Crippen LogP contribution in [0.2, 0.25) is 5.02 Å². The molecule has 0 unspecified atom stereocenters. The van der Waals surface area contributed by atoms with Gasteiger partial charge in [-0.3, -0.25) is 14.2 Å². The monoisotopic (exact) mass is 331 g/mol. The lowest BCUT2D eigenvalue weighted by atomic mass is 10.2. The lowest BCUT2D eigenvalue weighted by Crippen LogP contribution is -2.24. The normalized spacial score (nSPS) is 11.1. The van der Waals surface area contributed by atoms with Gasteiger partial charge in [0.25, 0.3) is 0 Å². The average molecular weight is 332 g/mol. The Morgan fingerprint density at radius 1 is 1.30 bits per heavy atom. The topological polar surface area (TPSA) is 64.7 Å². The van der Waals surface area contributed by atoms with Gasteiger partial charge >= 0.3 is 0 Å². The highest BCUT2D eigenvalue weighted by Crippen LogP contribution is 2.19. The van der Waals surface area contributed by atoms with E-state index in [2.05, 4.69) is 15.5 Å². The highest BCUT2D eigenvalue weighted by Gasteiger charge is 2.08. The van der Waals surface area contributed by atoms with Gasteiger partial charge in [0.1, 0.15) is 0 Å². The van der Waals surface area contributed by atoms with Crippen LogP contribution in [-0.2, 0) is 24.9 Å². The van der Waals surface area contributed by atoms with Crippen LogP contribution in [0.3, 0.4) is 0 Å². The van der Waals surface area contributed by atoms with Gasteiger partial charge in [-0.15, -0.1) is 0 Å². The number of rotatable bonds is 5. The van der Waals surface area contributed by atoms with Crippen LogP contribution >= 0.6 is 11.6 Å². The second-order valence-corrected chi connectivity index (χ2v) is 5.91. The van der Waals surface area contributed by atoms with Crippen molar-refractivity contribution in [3.8, 4) is 0 Å². The molecule has 0 aliphatic carbocycles. The Labute approximate surface area is 139 Å². The van der Waals surface area contributed by atoms with E-state index in [4.69, 9.17) is 11.6 Å². The first-order valence-electron chi connectivity index (χ1n) is 7.40. The van der Waals surface area contributed by atoms with Crippen molar-refractivity contribution < 1.29 is 4.79 Å². The lowest BCUT2D eigenvalue weighted by molar-refractivity contribution is -0.121. The fourth-order valence-electron chi connectivity index (χ4n) is 2.43. The highest BCUT2D eigenvalue weighted by atomic mass is 35.5. The van der Waals surface area contributed by atoms with E-state index in [-0.39, 0.29) is 5.91 Å². The molecular weight excluding hydrogens is 314 g/mol. The van der Waals surface area contributed by atoms with Gasteiger partial charge < -0.3 is 5.32 Å². The third-order valence-corrected chi connectivity index (χ3v) is 4.21. The predicted molar refractivity (Wildman–Crippen MR) is 89.2 cm³/mol. The second kappa shape index (κ2) is 6.42. The molecule has 0 atom stereocenters. The minimum absolute atomic E-state index is 0.0149. The van der Waals surface area contributed by atoms with Crippen molar-refractivity contribution in [1.29, 1.82) is 0 Å². The Bertz CT molecular complexity index is 851. The van der Waals surface area contributed by atoms with E-state index >= 15 is 0 Å². The average Bonchev–Trinajstić information content (AvgIpc) is 3.07. The summed E-state index contributed by atoms with van der Waals surface area (Å²) in [5.74, 6) is -0.0149. The fourth-order valence-corrected chi connectivity index (χ4v) is 2.60. The van der Waals surface area contributed by atoms with Crippen molar-refractivity contribution >= 4 is 28.4 Å². The van der Waals surface area contributed by atoms with Crippen molar-refractivity contribution in [3.63, 3.8) is 0 Å². The molecule has 23 heavy (non-hydrogen) atoms. The summed E-state index contributed by atoms with van der Waals surface area (Å²) in [5, 5.41) is 13.1.